The number of aliphatic hydroxyl groups is 2. The average Bonchev–Trinajstić information content (AvgIpc) is 2.97. The van der Waals surface area contributed by atoms with E-state index in [9.17, 15) is 24.6 Å². The number of amides is 1. The van der Waals surface area contributed by atoms with Gasteiger partial charge in [0.15, 0.2) is 0 Å². The SMILES string of the molecule is CN(C)CCCCCCc1cn([C@@]2(C(N)=O)C[C@H](O)[C@@H](CO)O2)c(=O)[nH]c1=O. The van der Waals surface area contributed by atoms with Crippen LogP contribution in [0, 0.1) is 0 Å². The number of ether oxygens (including phenoxy) is 1. The van der Waals surface area contributed by atoms with Crippen molar-refractivity contribution in [2.45, 2.75) is 56.5 Å². The lowest BCUT2D eigenvalue weighted by Gasteiger charge is -2.27. The summed E-state index contributed by atoms with van der Waals surface area (Å²) in [4.78, 5) is 40.9. The predicted molar refractivity (Wildman–Crippen MR) is 102 cm³/mol. The zero-order chi connectivity index (χ0) is 20.9. The van der Waals surface area contributed by atoms with E-state index in [-0.39, 0.29) is 6.42 Å². The molecule has 1 aromatic rings. The molecule has 10 nitrogen and oxygen atoms in total. The second-order valence-electron chi connectivity index (χ2n) is 7.51. The van der Waals surface area contributed by atoms with E-state index in [0.717, 1.165) is 36.8 Å². The van der Waals surface area contributed by atoms with Gasteiger partial charge in [0.1, 0.15) is 6.10 Å². The van der Waals surface area contributed by atoms with Gasteiger partial charge in [-0.05, 0) is 39.9 Å². The van der Waals surface area contributed by atoms with Crippen molar-refractivity contribution in [1.29, 1.82) is 0 Å². The number of unbranched alkanes of at least 4 members (excludes halogenated alkanes) is 3. The third-order valence-corrected chi connectivity index (χ3v) is 5.03. The number of primary amides is 1. The molecule has 2 heterocycles. The monoisotopic (exact) mass is 398 g/mol. The maximum absolute atomic E-state index is 12.3. The van der Waals surface area contributed by atoms with Crippen LogP contribution in [0.3, 0.4) is 0 Å². The fraction of sp³-hybridized carbons (Fsp3) is 0.722. The van der Waals surface area contributed by atoms with E-state index in [4.69, 9.17) is 10.5 Å². The van der Waals surface area contributed by atoms with Crippen molar-refractivity contribution < 1.29 is 19.7 Å². The highest BCUT2D eigenvalue weighted by Gasteiger charge is 2.52. The smallest absolute Gasteiger partial charge is 0.331 e. The summed E-state index contributed by atoms with van der Waals surface area (Å²) >= 11 is 0. The van der Waals surface area contributed by atoms with E-state index in [0.29, 0.717) is 12.0 Å². The number of aryl methyl sites for hydroxylation is 1. The number of hydrogen-bond acceptors (Lipinski definition) is 7. The first-order valence-corrected chi connectivity index (χ1v) is 9.48. The molecule has 5 N–H and O–H groups in total. The fourth-order valence-electron chi connectivity index (χ4n) is 3.44. The lowest BCUT2D eigenvalue weighted by atomic mass is 10.0. The summed E-state index contributed by atoms with van der Waals surface area (Å²) in [6.07, 6.45) is 2.95. The molecule has 1 aromatic heterocycles. The number of aromatic amines is 1. The molecule has 1 amide bonds. The minimum absolute atomic E-state index is 0.288. The number of carbonyl (C=O) groups excluding carboxylic acids is 1. The molecule has 1 fully saturated rings. The molecule has 0 saturated carbocycles. The Balaban J connectivity index is 2.19. The lowest BCUT2D eigenvalue weighted by molar-refractivity contribution is -0.161. The molecule has 0 unspecified atom stereocenters. The number of aromatic nitrogens is 2. The third-order valence-electron chi connectivity index (χ3n) is 5.03. The highest BCUT2D eigenvalue weighted by atomic mass is 16.6. The van der Waals surface area contributed by atoms with E-state index in [1.54, 1.807) is 0 Å². The second-order valence-corrected chi connectivity index (χ2v) is 7.51. The summed E-state index contributed by atoms with van der Waals surface area (Å²) in [6.45, 7) is 0.465. The molecule has 0 bridgehead atoms. The van der Waals surface area contributed by atoms with E-state index in [2.05, 4.69) is 9.88 Å². The molecule has 0 aromatic carbocycles. The van der Waals surface area contributed by atoms with Crippen LogP contribution in [0.25, 0.3) is 0 Å². The molecule has 0 spiro atoms. The first-order valence-electron chi connectivity index (χ1n) is 9.48. The molecular formula is C18H30N4O6. The summed E-state index contributed by atoms with van der Waals surface area (Å²) in [5.41, 5.74) is 2.47. The highest BCUT2D eigenvalue weighted by Crippen LogP contribution is 2.34. The molecule has 1 saturated heterocycles. The minimum Gasteiger partial charge on any atom is -0.394 e. The van der Waals surface area contributed by atoms with Crippen molar-refractivity contribution in [3.05, 3.63) is 32.6 Å². The Kier molecular flexibility index (Phi) is 7.53. The van der Waals surface area contributed by atoms with Crippen LogP contribution in [0.2, 0.25) is 0 Å². The standard InChI is InChI=1S/C18H30N4O6/c1-21(2)8-6-4-3-5-7-12-10-22(17(27)20-15(12)25)18(16(19)26)9-13(24)14(11-23)28-18/h10,13-14,23-24H,3-9,11H2,1-2H3,(H2,19,26)(H,20,25,27)/t13-,14+,18-/m0/s1. The lowest BCUT2D eigenvalue weighted by Crippen LogP contribution is -2.53. The predicted octanol–water partition coefficient (Wildman–Crippen LogP) is -1.52. The fourth-order valence-corrected chi connectivity index (χ4v) is 3.44. The van der Waals surface area contributed by atoms with Gasteiger partial charge in [0.05, 0.1) is 12.7 Å². The third kappa shape index (κ3) is 4.88. The van der Waals surface area contributed by atoms with Crippen LogP contribution in [0.1, 0.15) is 37.7 Å². The van der Waals surface area contributed by atoms with Crippen molar-refractivity contribution in [1.82, 2.24) is 14.5 Å². The quantitative estimate of drug-likeness (QED) is 0.349. The molecule has 28 heavy (non-hydrogen) atoms. The summed E-state index contributed by atoms with van der Waals surface area (Å²) < 4.78 is 6.40. The average molecular weight is 398 g/mol. The Morgan fingerprint density at radius 2 is 2.04 bits per heavy atom. The van der Waals surface area contributed by atoms with Gasteiger partial charge in [-0.25, -0.2) is 4.79 Å². The number of nitrogens with zero attached hydrogens (tertiary/aromatic N) is 2. The molecule has 10 heteroatoms. The Hall–Kier alpha value is -2.01. The molecule has 0 radical (unpaired) electrons. The highest BCUT2D eigenvalue weighted by molar-refractivity contribution is 5.81. The summed E-state index contributed by atoms with van der Waals surface area (Å²) in [5.74, 6) is -0.980. The van der Waals surface area contributed by atoms with Crippen LogP contribution in [-0.4, -0.2) is 70.0 Å². The van der Waals surface area contributed by atoms with Gasteiger partial charge in [-0.15, -0.1) is 0 Å². The first kappa shape index (κ1) is 22.3. The topological polar surface area (TPSA) is 151 Å². The van der Waals surface area contributed by atoms with E-state index in [1.165, 1.54) is 6.20 Å². The van der Waals surface area contributed by atoms with Crippen LogP contribution in [-0.2, 0) is 21.7 Å². The van der Waals surface area contributed by atoms with E-state index in [1.807, 2.05) is 14.1 Å². The Labute approximate surface area is 162 Å². The molecular weight excluding hydrogens is 368 g/mol. The Morgan fingerprint density at radius 1 is 1.36 bits per heavy atom. The van der Waals surface area contributed by atoms with Crippen molar-refractivity contribution in [3.8, 4) is 0 Å². The maximum Gasteiger partial charge on any atom is 0.331 e. The molecule has 2 rings (SSSR count). The van der Waals surface area contributed by atoms with Gasteiger partial charge >= 0.3 is 5.69 Å². The largest absolute Gasteiger partial charge is 0.394 e. The van der Waals surface area contributed by atoms with Crippen molar-refractivity contribution in [2.75, 3.05) is 27.2 Å². The number of nitrogens with one attached hydrogen (secondary N) is 1. The van der Waals surface area contributed by atoms with E-state index >= 15 is 0 Å². The summed E-state index contributed by atoms with van der Waals surface area (Å²) in [6, 6.07) is 0. The molecule has 3 atom stereocenters. The van der Waals surface area contributed by atoms with Crippen molar-refractivity contribution >= 4 is 5.91 Å². The number of rotatable bonds is 10. The summed E-state index contributed by atoms with van der Waals surface area (Å²) in [7, 11) is 4.03. The number of H-pyrrole nitrogens is 1. The van der Waals surface area contributed by atoms with Gasteiger partial charge < -0.3 is 25.6 Å². The van der Waals surface area contributed by atoms with Gasteiger partial charge in [-0.2, -0.15) is 0 Å². The van der Waals surface area contributed by atoms with Crippen LogP contribution < -0.4 is 17.0 Å². The van der Waals surface area contributed by atoms with Gasteiger partial charge in [-0.3, -0.25) is 19.1 Å². The van der Waals surface area contributed by atoms with Crippen molar-refractivity contribution in [3.63, 3.8) is 0 Å². The minimum atomic E-state index is -1.95. The molecule has 1 aliphatic heterocycles. The van der Waals surface area contributed by atoms with Crippen LogP contribution in [0.15, 0.2) is 15.8 Å². The van der Waals surface area contributed by atoms with Crippen LogP contribution >= 0.6 is 0 Å². The van der Waals surface area contributed by atoms with Crippen molar-refractivity contribution in [2.24, 2.45) is 5.73 Å². The van der Waals surface area contributed by atoms with Gasteiger partial charge in [-0.1, -0.05) is 12.8 Å². The van der Waals surface area contributed by atoms with E-state index < -0.39 is 41.7 Å². The zero-order valence-electron chi connectivity index (χ0n) is 16.4. The molecule has 158 valence electrons. The second kappa shape index (κ2) is 9.46. The first-order chi connectivity index (χ1) is 13.2. The Morgan fingerprint density at radius 3 is 2.61 bits per heavy atom. The van der Waals surface area contributed by atoms with Gasteiger partial charge in [0, 0.05) is 18.2 Å². The number of aliphatic hydroxyl groups excluding tert-OH is 2. The normalized spacial score (nSPS) is 24.8. The number of nitrogens with two attached hydrogens (primary N) is 1. The summed E-state index contributed by atoms with van der Waals surface area (Å²) in [5, 5.41) is 19.3. The maximum atomic E-state index is 12.3. The zero-order valence-corrected chi connectivity index (χ0v) is 16.4. The molecule has 0 aliphatic carbocycles. The Bertz CT molecular complexity index is 789. The number of carbonyl (C=O) groups is 1. The van der Waals surface area contributed by atoms with Gasteiger partial charge in [0.25, 0.3) is 11.5 Å². The van der Waals surface area contributed by atoms with Crippen LogP contribution in [0.5, 0.6) is 0 Å². The number of hydrogen-bond donors (Lipinski definition) is 4. The molecule has 1 aliphatic rings. The van der Waals surface area contributed by atoms with Crippen LogP contribution in [0.4, 0.5) is 0 Å². The van der Waals surface area contributed by atoms with Gasteiger partial charge in [0.2, 0.25) is 5.72 Å².